The first kappa shape index (κ1) is 17.0. The summed E-state index contributed by atoms with van der Waals surface area (Å²) < 4.78 is 5.05. The Balaban J connectivity index is 2.51. The molecule has 2 amide bonds. The molecule has 6 heteroatoms. The third-order valence-corrected chi connectivity index (χ3v) is 3.25. The monoisotopic (exact) mass is 294 g/mol. The molecular weight excluding hydrogens is 272 g/mol. The van der Waals surface area contributed by atoms with Crippen LogP contribution in [-0.4, -0.2) is 55.4 Å². The number of hydrogen-bond donors (Lipinski definition) is 2. The Labute approximate surface area is 124 Å². The number of urea groups is 1. The number of carbonyl (C=O) groups excluding carboxylic acids is 1. The quantitative estimate of drug-likeness (QED) is 0.800. The Hall–Kier alpha value is -2.08. The third kappa shape index (κ3) is 5.43. The van der Waals surface area contributed by atoms with Crippen LogP contribution in [0.15, 0.2) is 24.3 Å². The minimum atomic E-state index is -0.952. The first-order valence-electron chi connectivity index (χ1n) is 6.78. The van der Waals surface area contributed by atoms with Crippen LogP contribution in [0, 0.1) is 0 Å². The number of ether oxygens (including phenoxy) is 1. The first-order chi connectivity index (χ1) is 9.95. The molecule has 1 atom stereocenters. The van der Waals surface area contributed by atoms with Crippen LogP contribution in [0.4, 0.5) is 4.79 Å². The van der Waals surface area contributed by atoms with E-state index in [1.54, 1.807) is 38.4 Å². The van der Waals surface area contributed by atoms with Crippen molar-refractivity contribution in [1.82, 2.24) is 10.2 Å². The highest BCUT2D eigenvalue weighted by atomic mass is 16.5. The van der Waals surface area contributed by atoms with Gasteiger partial charge in [0.25, 0.3) is 0 Å². The summed E-state index contributed by atoms with van der Waals surface area (Å²) in [5.74, 6) is -0.952. The molecule has 1 unspecified atom stereocenters. The molecule has 0 fully saturated rings. The summed E-state index contributed by atoms with van der Waals surface area (Å²) in [5, 5.41) is 11.9. The summed E-state index contributed by atoms with van der Waals surface area (Å²) in [6, 6.07) is 6.62. The molecule has 21 heavy (non-hydrogen) atoms. The predicted molar refractivity (Wildman–Crippen MR) is 79.6 cm³/mol. The molecule has 0 aliphatic heterocycles. The van der Waals surface area contributed by atoms with Crippen molar-refractivity contribution in [2.75, 3.05) is 27.2 Å². The molecule has 0 spiro atoms. The molecule has 0 heterocycles. The molecule has 1 rings (SSSR count). The number of nitrogens with zero attached hydrogens (tertiary/aromatic N) is 1. The molecule has 1 aromatic rings. The number of carboxylic acids is 1. The molecule has 0 aliphatic rings. The van der Waals surface area contributed by atoms with Crippen molar-refractivity contribution in [3.05, 3.63) is 35.4 Å². The maximum Gasteiger partial charge on any atom is 0.335 e. The number of amides is 2. The number of likely N-dealkylation sites (N-methyl/N-ethyl adjacent to an activating group) is 1. The molecule has 0 aromatic heterocycles. The topological polar surface area (TPSA) is 78.9 Å². The summed E-state index contributed by atoms with van der Waals surface area (Å²) in [5.41, 5.74) is 0.995. The van der Waals surface area contributed by atoms with Crippen molar-refractivity contribution in [1.29, 1.82) is 0 Å². The summed E-state index contributed by atoms with van der Waals surface area (Å²) >= 11 is 0. The molecular formula is C15H22N2O4. The minimum absolute atomic E-state index is 0.0462. The zero-order valence-electron chi connectivity index (χ0n) is 12.6. The van der Waals surface area contributed by atoms with Gasteiger partial charge in [-0.25, -0.2) is 9.59 Å². The van der Waals surface area contributed by atoms with Crippen molar-refractivity contribution in [2.45, 2.75) is 19.4 Å². The largest absolute Gasteiger partial charge is 0.478 e. The molecule has 0 aliphatic carbocycles. The van der Waals surface area contributed by atoms with Crippen molar-refractivity contribution in [2.24, 2.45) is 0 Å². The highest BCUT2D eigenvalue weighted by Crippen LogP contribution is 2.10. The second kappa shape index (κ2) is 8.26. The van der Waals surface area contributed by atoms with Gasteiger partial charge in [0.15, 0.2) is 0 Å². The fourth-order valence-electron chi connectivity index (χ4n) is 1.79. The first-order valence-corrected chi connectivity index (χ1v) is 6.78. The predicted octanol–water partition coefficient (Wildman–Crippen LogP) is 1.60. The van der Waals surface area contributed by atoms with Gasteiger partial charge < -0.3 is 20.1 Å². The Kier molecular flexibility index (Phi) is 6.68. The lowest BCUT2D eigenvalue weighted by molar-refractivity contribution is 0.0695. The maximum absolute atomic E-state index is 11.8. The standard InChI is InChI=1S/C15H22N2O4/c1-11(21-3)10-16-15(20)17(2)9-8-12-6-4-5-7-13(12)14(18)19/h4-7,11H,8-10H2,1-3H3,(H,16,20)(H,18,19). The molecule has 0 saturated heterocycles. The van der Waals surface area contributed by atoms with E-state index in [2.05, 4.69) is 5.32 Å². The summed E-state index contributed by atoms with van der Waals surface area (Å²) in [7, 11) is 3.26. The Morgan fingerprint density at radius 3 is 2.67 bits per heavy atom. The Bertz CT molecular complexity index is 490. The smallest absolute Gasteiger partial charge is 0.335 e. The van der Waals surface area contributed by atoms with Gasteiger partial charge in [0.1, 0.15) is 0 Å². The van der Waals surface area contributed by atoms with E-state index >= 15 is 0 Å². The van der Waals surface area contributed by atoms with Gasteiger partial charge in [-0.2, -0.15) is 0 Å². The van der Waals surface area contributed by atoms with Crippen molar-refractivity contribution in [3.8, 4) is 0 Å². The molecule has 116 valence electrons. The van der Waals surface area contributed by atoms with Gasteiger partial charge in [-0.3, -0.25) is 0 Å². The fraction of sp³-hybridized carbons (Fsp3) is 0.467. The van der Waals surface area contributed by atoms with Crippen LogP contribution in [0.1, 0.15) is 22.8 Å². The van der Waals surface area contributed by atoms with E-state index in [4.69, 9.17) is 9.84 Å². The molecule has 0 radical (unpaired) electrons. The van der Waals surface area contributed by atoms with Gasteiger partial charge in [0, 0.05) is 27.2 Å². The minimum Gasteiger partial charge on any atom is -0.478 e. The van der Waals surface area contributed by atoms with Crippen LogP contribution in [0.25, 0.3) is 0 Å². The zero-order valence-corrected chi connectivity index (χ0v) is 12.6. The Morgan fingerprint density at radius 2 is 2.05 bits per heavy atom. The van der Waals surface area contributed by atoms with Crippen molar-refractivity contribution >= 4 is 12.0 Å². The summed E-state index contributed by atoms with van der Waals surface area (Å²) in [6.07, 6.45) is 0.446. The third-order valence-electron chi connectivity index (χ3n) is 3.25. The number of benzene rings is 1. The SMILES string of the molecule is COC(C)CNC(=O)N(C)CCc1ccccc1C(=O)O. The van der Waals surface area contributed by atoms with Gasteiger partial charge in [0.2, 0.25) is 0 Å². The number of carboxylic acid groups (broad SMARTS) is 1. The van der Waals surface area contributed by atoms with Gasteiger partial charge >= 0.3 is 12.0 Å². The van der Waals surface area contributed by atoms with Crippen molar-refractivity contribution < 1.29 is 19.4 Å². The molecule has 0 saturated carbocycles. The van der Waals surface area contributed by atoms with Gasteiger partial charge in [0.05, 0.1) is 11.7 Å². The highest BCUT2D eigenvalue weighted by Gasteiger charge is 2.12. The molecule has 2 N–H and O–H groups in total. The average molecular weight is 294 g/mol. The van der Waals surface area contributed by atoms with E-state index in [1.807, 2.05) is 6.92 Å². The van der Waals surface area contributed by atoms with Gasteiger partial charge in [-0.05, 0) is 25.0 Å². The number of hydrogen-bond acceptors (Lipinski definition) is 3. The second-order valence-corrected chi connectivity index (χ2v) is 4.87. The van der Waals surface area contributed by atoms with E-state index in [0.29, 0.717) is 19.5 Å². The highest BCUT2D eigenvalue weighted by molar-refractivity contribution is 5.89. The number of nitrogens with one attached hydrogen (secondary N) is 1. The van der Waals surface area contributed by atoms with E-state index in [1.165, 1.54) is 4.90 Å². The van der Waals surface area contributed by atoms with Crippen LogP contribution < -0.4 is 5.32 Å². The lowest BCUT2D eigenvalue weighted by Gasteiger charge is -2.19. The van der Waals surface area contributed by atoms with Crippen LogP contribution in [0.3, 0.4) is 0 Å². The summed E-state index contributed by atoms with van der Waals surface area (Å²) in [4.78, 5) is 24.5. The van der Waals surface area contributed by atoms with Crippen LogP contribution in [0.5, 0.6) is 0 Å². The van der Waals surface area contributed by atoms with Crippen molar-refractivity contribution in [3.63, 3.8) is 0 Å². The normalized spacial score (nSPS) is 11.8. The fourth-order valence-corrected chi connectivity index (χ4v) is 1.79. The van der Waals surface area contributed by atoms with Crippen LogP contribution in [-0.2, 0) is 11.2 Å². The number of carbonyl (C=O) groups is 2. The Morgan fingerprint density at radius 1 is 1.38 bits per heavy atom. The van der Waals surface area contributed by atoms with Crippen LogP contribution in [0.2, 0.25) is 0 Å². The van der Waals surface area contributed by atoms with Gasteiger partial charge in [-0.1, -0.05) is 18.2 Å². The van der Waals surface area contributed by atoms with E-state index in [0.717, 1.165) is 5.56 Å². The van der Waals surface area contributed by atoms with Gasteiger partial charge in [-0.15, -0.1) is 0 Å². The zero-order chi connectivity index (χ0) is 15.8. The van der Waals surface area contributed by atoms with E-state index in [9.17, 15) is 9.59 Å². The summed E-state index contributed by atoms with van der Waals surface area (Å²) in [6.45, 7) is 2.74. The second-order valence-electron chi connectivity index (χ2n) is 4.87. The number of rotatable bonds is 7. The molecule has 0 bridgehead atoms. The lowest BCUT2D eigenvalue weighted by Crippen LogP contribution is -2.41. The molecule has 1 aromatic carbocycles. The lowest BCUT2D eigenvalue weighted by atomic mass is 10.0. The molecule has 6 nitrogen and oxygen atoms in total. The van der Waals surface area contributed by atoms with E-state index in [-0.39, 0.29) is 17.7 Å². The van der Waals surface area contributed by atoms with Crippen LogP contribution >= 0.6 is 0 Å². The maximum atomic E-state index is 11.8. The number of aromatic carboxylic acids is 1. The van der Waals surface area contributed by atoms with E-state index < -0.39 is 5.97 Å². The number of methoxy groups -OCH3 is 1. The average Bonchev–Trinajstić information content (AvgIpc) is 2.49.